The molecule has 2 atom stereocenters. The van der Waals surface area contributed by atoms with Gasteiger partial charge in [0.25, 0.3) is 5.69 Å². The van der Waals surface area contributed by atoms with Crippen molar-refractivity contribution in [3.05, 3.63) is 64.2 Å². The van der Waals surface area contributed by atoms with Crippen molar-refractivity contribution in [3.8, 4) is 17.6 Å². The summed E-state index contributed by atoms with van der Waals surface area (Å²) >= 11 is 0. The first-order valence-corrected chi connectivity index (χ1v) is 12.0. The number of nitrogens with zero attached hydrogens (tertiary/aromatic N) is 1. The van der Waals surface area contributed by atoms with Crippen LogP contribution in [0.15, 0.2) is 48.5 Å². The third kappa shape index (κ3) is 10.5. The van der Waals surface area contributed by atoms with Crippen LogP contribution in [0.3, 0.4) is 0 Å². The number of nitrogens with one attached hydrogen (secondary N) is 3. The van der Waals surface area contributed by atoms with E-state index in [9.17, 15) is 29.3 Å². The molecule has 0 saturated carbocycles. The number of hydrogen-bond donors (Lipinski definition) is 3. The average Bonchev–Trinajstić information content (AvgIpc) is 2.87. The van der Waals surface area contributed by atoms with Gasteiger partial charge in [0, 0.05) is 36.7 Å². The highest BCUT2D eigenvalue weighted by molar-refractivity contribution is 5.98. The molecule has 0 aliphatic rings. The number of carbonyl (C=O) groups excluding carboxylic acids is 4. The van der Waals surface area contributed by atoms with Gasteiger partial charge >= 0.3 is 6.16 Å². The molecule has 0 aliphatic heterocycles. The van der Waals surface area contributed by atoms with Gasteiger partial charge in [-0.3, -0.25) is 24.5 Å². The maximum atomic E-state index is 12.5. The van der Waals surface area contributed by atoms with Crippen LogP contribution in [0.4, 0.5) is 16.2 Å². The minimum atomic E-state index is -0.953. The van der Waals surface area contributed by atoms with Crippen molar-refractivity contribution >= 4 is 35.3 Å². The van der Waals surface area contributed by atoms with E-state index in [4.69, 9.17) is 9.47 Å². The first kappa shape index (κ1) is 30.3. The average molecular weight is 539 g/mol. The maximum absolute atomic E-state index is 12.5. The lowest BCUT2D eigenvalue weighted by Gasteiger charge is -2.23. The molecule has 0 bridgehead atoms. The van der Waals surface area contributed by atoms with Crippen LogP contribution in [0, 0.1) is 27.9 Å². The zero-order valence-corrected chi connectivity index (χ0v) is 22.0. The summed E-state index contributed by atoms with van der Waals surface area (Å²) in [4.78, 5) is 58.1. The molecule has 206 valence electrons. The summed E-state index contributed by atoms with van der Waals surface area (Å²) in [6, 6.07) is 10.1. The number of nitro groups is 1. The second-order valence-corrected chi connectivity index (χ2v) is 8.72. The number of ether oxygens (including phenoxy) is 2. The topological polar surface area (TPSA) is 166 Å². The molecule has 3 N–H and O–H groups in total. The molecule has 12 heteroatoms. The van der Waals surface area contributed by atoms with Gasteiger partial charge in [0.15, 0.2) is 0 Å². The summed E-state index contributed by atoms with van der Waals surface area (Å²) in [6.07, 6.45) is -0.716. The summed E-state index contributed by atoms with van der Waals surface area (Å²) in [5.41, 5.74) is 1.05. The molecule has 39 heavy (non-hydrogen) atoms. The fraction of sp³-hybridized carbons (Fsp3) is 0.333. The Balaban J connectivity index is 1.77. The van der Waals surface area contributed by atoms with Crippen LogP contribution in [0.2, 0.25) is 0 Å². The molecule has 0 unspecified atom stereocenters. The van der Waals surface area contributed by atoms with Crippen molar-refractivity contribution in [2.24, 2.45) is 5.92 Å². The Bertz CT molecular complexity index is 1250. The van der Waals surface area contributed by atoms with Crippen molar-refractivity contribution in [1.82, 2.24) is 10.6 Å². The van der Waals surface area contributed by atoms with E-state index in [0.717, 1.165) is 0 Å². The van der Waals surface area contributed by atoms with E-state index in [1.807, 2.05) is 0 Å². The van der Waals surface area contributed by atoms with Crippen LogP contribution < -0.4 is 20.7 Å². The van der Waals surface area contributed by atoms with Crippen molar-refractivity contribution < 1.29 is 33.6 Å². The SMILES string of the molecule is CC(=O)N[C@H](C(=O)N[C@@H](C)C(=O)Nc1ccc(C#CCCOC(=O)Oc2ccc([N+](=O)[O-])cc2)cc1)C(C)C. The predicted octanol–water partition coefficient (Wildman–Crippen LogP) is 3.16. The number of anilines is 1. The molecule has 2 aromatic carbocycles. The quantitative estimate of drug-likeness (QED) is 0.104. The third-order valence-corrected chi connectivity index (χ3v) is 5.14. The highest BCUT2D eigenvalue weighted by Gasteiger charge is 2.26. The highest BCUT2D eigenvalue weighted by Crippen LogP contribution is 2.17. The number of amides is 3. The molecule has 0 radical (unpaired) electrons. The largest absolute Gasteiger partial charge is 0.513 e. The Labute approximate surface area is 225 Å². The lowest BCUT2D eigenvalue weighted by Crippen LogP contribution is -2.53. The number of hydrogen-bond acceptors (Lipinski definition) is 8. The van der Waals surface area contributed by atoms with Gasteiger partial charge in [-0.15, -0.1) is 0 Å². The summed E-state index contributed by atoms with van der Waals surface area (Å²) in [5.74, 6) is 4.51. The van der Waals surface area contributed by atoms with E-state index in [1.54, 1.807) is 45.0 Å². The molecule has 0 heterocycles. The molecule has 2 aromatic rings. The Morgan fingerprint density at radius 3 is 2.15 bits per heavy atom. The van der Waals surface area contributed by atoms with Crippen molar-refractivity contribution in [3.63, 3.8) is 0 Å². The van der Waals surface area contributed by atoms with Gasteiger partial charge in [0.2, 0.25) is 17.7 Å². The Hall–Kier alpha value is -4.92. The number of non-ortho nitro benzene ring substituents is 1. The fourth-order valence-corrected chi connectivity index (χ4v) is 3.12. The molecular formula is C27H30N4O8. The molecule has 3 amide bonds. The minimum absolute atomic E-state index is 0.0177. The lowest BCUT2D eigenvalue weighted by atomic mass is 10.0. The molecule has 2 rings (SSSR count). The Morgan fingerprint density at radius 2 is 1.59 bits per heavy atom. The van der Waals surface area contributed by atoms with Crippen LogP contribution >= 0.6 is 0 Å². The molecule has 0 saturated heterocycles. The molecule has 0 fully saturated rings. The summed E-state index contributed by atoms with van der Waals surface area (Å²) in [6.45, 7) is 6.43. The number of benzene rings is 2. The molecule has 0 aliphatic carbocycles. The smallest absolute Gasteiger partial charge is 0.433 e. The van der Waals surface area contributed by atoms with Crippen LogP contribution in [-0.4, -0.2) is 47.5 Å². The standard InChI is InChI=1S/C27H30N4O8/c1-17(2)24(29-19(4)32)26(34)28-18(3)25(33)30-21-10-8-20(9-11-21)7-5-6-16-38-27(35)39-23-14-12-22(13-15-23)31(36)37/h8-15,17-18,24H,6,16H2,1-4H3,(H,28,34)(H,29,32)(H,30,33)/t18-,24-/m0/s1. The highest BCUT2D eigenvalue weighted by atomic mass is 16.7. The van der Waals surface area contributed by atoms with Gasteiger partial charge in [-0.1, -0.05) is 25.7 Å². The molecule has 12 nitrogen and oxygen atoms in total. The Morgan fingerprint density at radius 1 is 0.949 bits per heavy atom. The summed E-state index contributed by atoms with van der Waals surface area (Å²) in [5, 5.41) is 18.5. The van der Waals surface area contributed by atoms with Crippen molar-refractivity contribution in [2.45, 2.75) is 46.2 Å². The van der Waals surface area contributed by atoms with E-state index in [2.05, 4.69) is 27.8 Å². The van der Waals surface area contributed by atoms with Gasteiger partial charge in [-0.25, -0.2) is 4.79 Å². The lowest BCUT2D eigenvalue weighted by molar-refractivity contribution is -0.384. The number of carbonyl (C=O) groups is 4. The van der Waals surface area contributed by atoms with Crippen LogP contribution in [-0.2, 0) is 19.1 Å². The Kier molecular flexibility index (Phi) is 11.4. The van der Waals surface area contributed by atoms with E-state index < -0.39 is 35.0 Å². The number of nitro benzene ring substituents is 1. The van der Waals surface area contributed by atoms with Crippen LogP contribution in [0.1, 0.15) is 39.7 Å². The fourth-order valence-electron chi connectivity index (χ4n) is 3.12. The second kappa shape index (κ2) is 14.7. The van der Waals surface area contributed by atoms with Gasteiger partial charge in [-0.05, 0) is 49.2 Å². The predicted molar refractivity (Wildman–Crippen MR) is 142 cm³/mol. The van der Waals surface area contributed by atoms with E-state index in [-0.39, 0.29) is 36.3 Å². The van der Waals surface area contributed by atoms with Gasteiger partial charge in [0.1, 0.15) is 24.4 Å². The van der Waals surface area contributed by atoms with E-state index >= 15 is 0 Å². The van der Waals surface area contributed by atoms with Crippen molar-refractivity contribution in [2.75, 3.05) is 11.9 Å². The van der Waals surface area contributed by atoms with E-state index in [0.29, 0.717) is 11.3 Å². The molecule has 0 spiro atoms. The minimum Gasteiger partial charge on any atom is -0.433 e. The molecular weight excluding hydrogens is 508 g/mol. The monoisotopic (exact) mass is 538 g/mol. The van der Waals surface area contributed by atoms with Gasteiger partial charge < -0.3 is 25.4 Å². The summed E-state index contributed by atoms with van der Waals surface area (Å²) in [7, 11) is 0. The van der Waals surface area contributed by atoms with Crippen molar-refractivity contribution in [1.29, 1.82) is 0 Å². The zero-order valence-electron chi connectivity index (χ0n) is 22.0. The number of rotatable bonds is 10. The normalized spacial score (nSPS) is 11.7. The third-order valence-electron chi connectivity index (χ3n) is 5.14. The van der Waals surface area contributed by atoms with E-state index in [1.165, 1.54) is 31.2 Å². The first-order valence-electron chi connectivity index (χ1n) is 12.0. The van der Waals surface area contributed by atoms with Crippen LogP contribution in [0.5, 0.6) is 5.75 Å². The summed E-state index contributed by atoms with van der Waals surface area (Å²) < 4.78 is 9.85. The zero-order chi connectivity index (χ0) is 28.9. The van der Waals surface area contributed by atoms with Gasteiger partial charge in [-0.2, -0.15) is 0 Å². The maximum Gasteiger partial charge on any atom is 0.513 e. The first-order chi connectivity index (χ1) is 18.5. The second-order valence-electron chi connectivity index (χ2n) is 8.72. The van der Waals surface area contributed by atoms with Crippen LogP contribution in [0.25, 0.3) is 0 Å². The van der Waals surface area contributed by atoms with Gasteiger partial charge in [0.05, 0.1) is 4.92 Å². The molecule has 0 aromatic heterocycles.